The lowest BCUT2D eigenvalue weighted by Crippen LogP contribution is -2.42. The van der Waals surface area contributed by atoms with Crippen molar-refractivity contribution in [1.82, 2.24) is 14.9 Å². The second kappa shape index (κ2) is 6.98. The molecule has 4 heterocycles. The van der Waals surface area contributed by atoms with Gasteiger partial charge in [0, 0.05) is 25.3 Å². The standard InChI is InChI=1S/C18H23N3O3S2/c1-11-13-16(20-12-5-3-2-4-7-21(12)17(13)23)26-14(11)15(22)19-9-18(24)6-8-25-10-18/h24H,2-10H2,1H3,(H,19,22)/t18-/m1/s1. The van der Waals surface area contributed by atoms with E-state index >= 15 is 0 Å². The van der Waals surface area contributed by atoms with E-state index in [1.165, 1.54) is 11.3 Å². The minimum Gasteiger partial charge on any atom is -0.387 e. The number of fused-ring (bicyclic) bond motifs is 2. The molecule has 1 amide bonds. The fourth-order valence-electron chi connectivity index (χ4n) is 3.69. The molecular weight excluding hydrogens is 370 g/mol. The third kappa shape index (κ3) is 3.18. The number of nitrogens with one attached hydrogen (secondary N) is 1. The van der Waals surface area contributed by atoms with E-state index in [4.69, 9.17) is 4.98 Å². The van der Waals surface area contributed by atoms with Gasteiger partial charge < -0.3 is 10.4 Å². The molecule has 2 aliphatic rings. The fourth-order valence-corrected chi connectivity index (χ4v) is 6.09. The van der Waals surface area contributed by atoms with E-state index in [0.29, 0.717) is 39.4 Å². The molecule has 4 rings (SSSR count). The van der Waals surface area contributed by atoms with Crippen LogP contribution in [0, 0.1) is 6.92 Å². The molecular formula is C18H23N3O3S2. The highest BCUT2D eigenvalue weighted by Gasteiger charge is 2.32. The number of aromatic nitrogens is 2. The Morgan fingerprint density at radius 1 is 1.38 bits per heavy atom. The third-order valence-corrected chi connectivity index (χ3v) is 7.70. The number of hydrogen-bond donors (Lipinski definition) is 2. The molecule has 2 aromatic heterocycles. The molecule has 0 radical (unpaired) electrons. The topological polar surface area (TPSA) is 84.2 Å². The fraction of sp³-hybridized carbons (Fsp3) is 0.611. The summed E-state index contributed by atoms with van der Waals surface area (Å²) in [5.74, 6) is 2.18. The lowest BCUT2D eigenvalue weighted by molar-refractivity contribution is 0.0614. The lowest BCUT2D eigenvalue weighted by atomic mass is 10.0. The van der Waals surface area contributed by atoms with Crippen LogP contribution in [0.25, 0.3) is 10.2 Å². The Morgan fingerprint density at radius 2 is 2.23 bits per heavy atom. The van der Waals surface area contributed by atoms with Gasteiger partial charge in [-0.3, -0.25) is 14.2 Å². The number of thiophene rings is 1. The van der Waals surface area contributed by atoms with Gasteiger partial charge in [-0.25, -0.2) is 4.98 Å². The highest BCUT2D eigenvalue weighted by Crippen LogP contribution is 2.30. The Bertz CT molecular complexity index is 913. The summed E-state index contributed by atoms with van der Waals surface area (Å²) in [6.07, 6.45) is 4.66. The summed E-state index contributed by atoms with van der Waals surface area (Å²) in [4.78, 5) is 31.5. The summed E-state index contributed by atoms with van der Waals surface area (Å²) in [6, 6.07) is 0. The van der Waals surface area contributed by atoms with Crippen LogP contribution in [-0.4, -0.2) is 44.2 Å². The normalized spacial score (nSPS) is 23.0. The summed E-state index contributed by atoms with van der Waals surface area (Å²) in [7, 11) is 0. The van der Waals surface area contributed by atoms with Crippen LogP contribution < -0.4 is 10.9 Å². The van der Waals surface area contributed by atoms with Gasteiger partial charge in [-0.1, -0.05) is 6.42 Å². The Labute approximate surface area is 160 Å². The quantitative estimate of drug-likeness (QED) is 0.834. The van der Waals surface area contributed by atoms with Crippen LogP contribution in [0.4, 0.5) is 0 Å². The minimum atomic E-state index is -0.819. The predicted octanol–water partition coefficient (Wildman–Crippen LogP) is 2.09. The second-order valence-electron chi connectivity index (χ2n) is 7.24. The predicted molar refractivity (Wildman–Crippen MR) is 105 cm³/mol. The van der Waals surface area contributed by atoms with Crippen LogP contribution in [0.3, 0.4) is 0 Å². The van der Waals surface area contributed by atoms with Gasteiger partial charge in [0.15, 0.2) is 0 Å². The van der Waals surface area contributed by atoms with Crippen molar-refractivity contribution >= 4 is 39.2 Å². The van der Waals surface area contributed by atoms with Crippen LogP contribution >= 0.6 is 23.1 Å². The van der Waals surface area contributed by atoms with Crippen molar-refractivity contribution in [2.45, 2.75) is 51.2 Å². The van der Waals surface area contributed by atoms with Gasteiger partial charge in [0.2, 0.25) is 0 Å². The smallest absolute Gasteiger partial charge is 0.262 e. The first-order valence-electron chi connectivity index (χ1n) is 9.10. The van der Waals surface area contributed by atoms with Gasteiger partial charge in [-0.15, -0.1) is 11.3 Å². The molecule has 8 heteroatoms. The SMILES string of the molecule is Cc1c(C(=O)NC[C@]2(O)CCSC2)sc2nc3n(c(=O)c12)CCCCC3. The maximum absolute atomic E-state index is 13.0. The molecule has 1 fully saturated rings. The molecule has 0 aliphatic carbocycles. The van der Waals surface area contributed by atoms with E-state index in [1.54, 1.807) is 16.3 Å². The van der Waals surface area contributed by atoms with Gasteiger partial charge in [0.25, 0.3) is 11.5 Å². The number of carbonyl (C=O) groups excluding carboxylic acids is 1. The molecule has 0 aromatic carbocycles. The average molecular weight is 394 g/mol. The zero-order valence-corrected chi connectivity index (χ0v) is 16.5. The number of aryl methyl sites for hydroxylation is 2. The van der Waals surface area contributed by atoms with Crippen LogP contribution in [-0.2, 0) is 13.0 Å². The summed E-state index contributed by atoms with van der Waals surface area (Å²) in [5.41, 5.74) is -0.141. The van der Waals surface area contributed by atoms with Gasteiger partial charge in [-0.2, -0.15) is 11.8 Å². The summed E-state index contributed by atoms with van der Waals surface area (Å²) in [6.45, 7) is 2.77. The van der Waals surface area contributed by atoms with E-state index in [9.17, 15) is 14.7 Å². The molecule has 6 nitrogen and oxygen atoms in total. The number of carbonyl (C=O) groups is 1. The number of nitrogens with zero attached hydrogens (tertiary/aromatic N) is 2. The molecule has 0 saturated carbocycles. The largest absolute Gasteiger partial charge is 0.387 e. The first kappa shape index (κ1) is 18.0. The number of rotatable bonds is 3. The summed E-state index contributed by atoms with van der Waals surface area (Å²) in [5, 5.41) is 13.8. The second-order valence-corrected chi connectivity index (χ2v) is 9.35. The van der Waals surface area contributed by atoms with Crippen molar-refractivity contribution in [2.24, 2.45) is 0 Å². The zero-order valence-electron chi connectivity index (χ0n) is 14.8. The van der Waals surface area contributed by atoms with Crippen LogP contribution in [0.15, 0.2) is 4.79 Å². The molecule has 0 spiro atoms. The molecule has 26 heavy (non-hydrogen) atoms. The molecule has 2 aromatic rings. The summed E-state index contributed by atoms with van der Waals surface area (Å²) < 4.78 is 1.79. The zero-order chi connectivity index (χ0) is 18.3. The van der Waals surface area contributed by atoms with Gasteiger partial charge in [0.1, 0.15) is 10.7 Å². The maximum atomic E-state index is 13.0. The molecule has 2 N–H and O–H groups in total. The van der Waals surface area contributed by atoms with E-state index in [0.717, 1.165) is 37.3 Å². The molecule has 0 bridgehead atoms. The number of hydrogen-bond acceptors (Lipinski definition) is 6. The van der Waals surface area contributed by atoms with E-state index < -0.39 is 5.60 Å². The highest BCUT2D eigenvalue weighted by atomic mass is 32.2. The highest BCUT2D eigenvalue weighted by molar-refractivity contribution is 7.99. The Kier molecular flexibility index (Phi) is 4.83. The maximum Gasteiger partial charge on any atom is 0.262 e. The average Bonchev–Trinajstić information content (AvgIpc) is 3.09. The first-order chi connectivity index (χ1) is 12.5. The van der Waals surface area contributed by atoms with Crippen molar-refractivity contribution in [2.75, 3.05) is 18.1 Å². The molecule has 1 atom stereocenters. The third-order valence-electron chi connectivity index (χ3n) is 5.28. The van der Waals surface area contributed by atoms with E-state index in [1.807, 2.05) is 6.92 Å². The number of thioether (sulfide) groups is 1. The van der Waals surface area contributed by atoms with E-state index in [-0.39, 0.29) is 18.0 Å². The van der Waals surface area contributed by atoms with Crippen molar-refractivity contribution < 1.29 is 9.90 Å². The Morgan fingerprint density at radius 3 is 3.00 bits per heavy atom. The molecule has 0 unspecified atom stereocenters. The van der Waals surface area contributed by atoms with Crippen LogP contribution in [0.2, 0.25) is 0 Å². The van der Waals surface area contributed by atoms with Gasteiger partial charge >= 0.3 is 0 Å². The van der Waals surface area contributed by atoms with Crippen molar-refractivity contribution in [1.29, 1.82) is 0 Å². The van der Waals surface area contributed by atoms with Crippen LogP contribution in [0.1, 0.15) is 46.7 Å². The van der Waals surface area contributed by atoms with Crippen LogP contribution in [0.5, 0.6) is 0 Å². The van der Waals surface area contributed by atoms with Crippen molar-refractivity contribution in [3.05, 3.63) is 26.6 Å². The Balaban J connectivity index is 1.66. The summed E-state index contributed by atoms with van der Waals surface area (Å²) >= 11 is 2.98. The minimum absolute atomic E-state index is 0.0227. The van der Waals surface area contributed by atoms with Gasteiger partial charge in [-0.05, 0) is 37.5 Å². The number of amides is 1. The van der Waals surface area contributed by atoms with Crippen molar-refractivity contribution in [3.8, 4) is 0 Å². The monoisotopic (exact) mass is 393 g/mol. The van der Waals surface area contributed by atoms with Crippen molar-refractivity contribution in [3.63, 3.8) is 0 Å². The molecule has 1 saturated heterocycles. The lowest BCUT2D eigenvalue weighted by Gasteiger charge is -2.21. The first-order valence-corrected chi connectivity index (χ1v) is 11.1. The molecule has 2 aliphatic heterocycles. The van der Waals surface area contributed by atoms with E-state index in [2.05, 4.69) is 5.32 Å². The number of aliphatic hydroxyl groups is 1. The Hall–Kier alpha value is -1.38. The van der Waals surface area contributed by atoms with Gasteiger partial charge in [0.05, 0.1) is 15.9 Å². The molecule has 140 valence electrons.